The van der Waals surface area contributed by atoms with Crippen molar-refractivity contribution in [2.45, 2.75) is 38.8 Å². The Labute approximate surface area is 116 Å². The summed E-state index contributed by atoms with van der Waals surface area (Å²) in [4.78, 5) is 8.96. The molecule has 1 fully saturated rings. The first-order chi connectivity index (χ1) is 9.19. The van der Waals surface area contributed by atoms with E-state index in [9.17, 15) is 0 Å². The third kappa shape index (κ3) is 4.84. The molecule has 0 amide bonds. The lowest BCUT2D eigenvalue weighted by molar-refractivity contribution is 0.397. The van der Waals surface area contributed by atoms with Gasteiger partial charge in [0.2, 0.25) is 0 Å². The van der Waals surface area contributed by atoms with Crippen LogP contribution in [-0.2, 0) is 6.54 Å². The first-order valence-electron chi connectivity index (χ1n) is 7.26. The Bertz CT molecular complexity index is 373. The molecule has 1 heterocycles. The Morgan fingerprint density at radius 2 is 2.16 bits per heavy atom. The highest BCUT2D eigenvalue weighted by atomic mass is 16.4. The molecule has 0 saturated heterocycles. The predicted molar refractivity (Wildman–Crippen MR) is 77.4 cm³/mol. The van der Waals surface area contributed by atoms with Crippen LogP contribution in [0.25, 0.3) is 0 Å². The molecule has 2 rings (SSSR count). The average molecular weight is 266 g/mol. The maximum Gasteiger partial charge on any atom is 0.297 e. The van der Waals surface area contributed by atoms with Gasteiger partial charge in [-0.3, -0.25) is 0 Å². The highest BCUT2D eigenvalue weighted by molar-refractivity contribution is 5.26. The summed E-state index contributed by atoms with van der Waals surface area (Å²) >= 11 is 0. The molecule has 108 valence electrons. The van der Waals surface area contributed by atoms with E-state index < -0.39 is 0 Å². The molecule has 0 aliphatic heterocycles. The summed E-state index contributed by atoms with van der Waals surface area (Å²) in [5.74, 6) is 0. The van der Waals surface area contributed by atoms with Crippen LogP contribution in [0.4, 0.5) is 6.01 Å². The normalized spacial score (nSPS) is 15.2. The zero-order valence-electron chi connectivity index (χ0n) is 12.4. The number of nitrogens with one attached hydrogen (secondary N) is 1. The molecule has 5 heteroatoms. The van der Waals surface area contributed by atoms with Crippen molar-refractivity contribution < 1.29 is 4.42 Å². The Hall–Kier alpha value is -1.07. The molecule has 1 aromatic heterocycles. The maximum atomic E-state index is 5.59. The number of aromatic nitrogens is 1. The van der Waals surface area contributed by atoms with E-state index >= 15 is 0 Å². The minimum absolute atomic E-state index is 0.711. The average Bonchev–Trinajstić information content (AvgIpc) is 3.10. The zero-order valence-corrected chi connectivity index (χ0v) is 12.4. The molecule has 0 atom stereocenters. The number of nitrogens with zero attached hydrogens (tertiary/aromatic N) is 3. The molecule has 0 unspecified atom stereocenters. The van der Waals surface area contributed by atoms with Gasteiger partial charge in [-0.15, -0.1) is 0 Å². The molecule has 5 nitrogen and oxygen atoms in total. The van der Waals surface area contributed by atoms with Crippen LogP contribution in [0.1, 0.15) is 31.9 Å². The Morgan fingerprint density at radius 1 is 1.37 bits per heavy atom. The van der Waals surface area contributed by atoms with Crippen molar-refractivity contribution in [3.05, 3.63) is 12.0 Å². The molecule has 0 radical (unpaired) electrons. The summed E-state index contributed by atoms with van der Waals surface area (Å²) in [5.41, 5.74) is 1.01. The summed E-state index contributed by atoms with van der Waals surface area (Å²) in [7, 11) is 4.20. The third-order valence-corrected chi connectivity index (χ3v) is 3.37. The quantitative estimate of drug-likeness (QED) is 0.737. The molecule has 1 aliphatic carbocycles. The number of rotatable bonds is 9. The first kappa shape index (κ1) is 14.3. The minimum Gasteiger partial charge on any atom is -0.432 e. The number of oxazole rings is 1. The van der Waals surface area contributed by atoms with E-state index in [4.69, 9.17) is 4.42 Å². The number of hydrogen-bond donors (Lipinski definition) is 1. The monoisotopic (exact) mass is 266 g/mol. The second kappa shape index (κ2) is 6.91. The highest BCUT2D eigenvalue weighted by Crippen LogP contribution is 2.20. The van der Waals surface area contributed by atoms with E-state index in [0.29, 0.717) is 6.04 Å². The summed E-state index contributed by atoms with van der Waals surface area (Å²) in [6, 6.07) is 1.47. The van der Waals surface area contributed by atoms with Crippen LogP contribution in [0.2, 0.25) is 0 Å². The van der Waals surface area contributed by atoms with Crippen LogP contribution in [0.5, 0.6) is 0 Å². The largest absolute Gasteiger partial charge is 0.432 e. The van der Waals surface area contributed by atoms with Crippen LogP contribution in [0.15, 0.2) is 10.7 Å². The van der Waals surface area contributed by atoms with Crippen molar-refractivity contribution in [2.75, 3.05) is 38.6 Å². The smallest absolute Gasteiger partial charge is 0.297 e. The highest BCUT2D eigenvalue weighted by Gasteiger charge is 2.21. The minimum atomic E-state index is 0.711. The van der Waals surface area contributed by atoms with Gasteiger partial charge in [-0.25, -0.2) is 0 Å². The number of hydrogen-bond acceptors (Lipinski definition) is 5. The van der Waals surface area contributed by atoms with Gasteiger partial charge in [-0.1, -0.05) is 0 Å². The molecule has 0 aromatic carbocycles. The maximum absolute atomic E-state index is 5.59. The summed E-state index contributed by atoms with van der Waals surface area (Å²) in [6.07, 6.45) is 5.50. The third-order valence-electron chi connectivity index (χ3n) is 3.37. The van der Waals surface area contributed by atoms with Gasteiger partial charge in [0, 0.05) is 25.7 Å². The lowest BCUT2D eigenvalue weighted by atomic mass is 10.3. The second-order valence-corrected chi connectivity index (χ2v) is 5.51. The van der Waals surface area contributed by atoms with Crippen LogP contribution in [0.3, 0.4) is 0 Å². The van der Waals surface area contributed by atoms with Gasteiger partial charge in [0.25, 0.3) is 6.01 Å². The van der Waals surface area contributed by atoms with E-state index in [-0.39, 0.29) is 0 Å². The van der Waals surface area contributed by atoms with Gasteiger partial charge in [0.15, 0.2) is 0 Å². The molecule has 1 aromatic rings. The number of anilines is 1. The van der Waals surface area contributed by atoms with Gasteiger partial charge in [-0.05, 0) is 46.8 Å². The SMILES string of the molecule is CCN(CCCN(C)C)c1nc(CNC2CC2)co1. The molecule has 1 saturated carbocycles. The zero-order chi connectivity index (χ0) is 13.7. The van der Waals surface area contributed by atoms with Crippen molar-refractivity contribution in [3.63, 3.8) is 0 Å². The predicted octanol–water partition coefficient (Wildman–Crippen LogP) is 1.70. The van der Waals surface area contributed by atoms with Crippen molar-refractivity contribution in [1.82, 2.24) is 15.2 Å². The van der Waals surface area contributed by atoms with E-state index in [0.717, 1.165) is 44.3 Å². The summed E-state index contributed by atoms with van der Waals surface area (Å²) in [6.45, 7) is 5.98. The topological polar surface area (TPSA) is 44.5 Å². The van der Waals surface area contributed by atoms with Gasteiger partial charge in [0.1, 0.15) is 6.26 Å². The Balaban J connectivity index is 1.79. The van der Waals surface area contributed by atoms with Crippen LogP contribution in [0, 0.1) is 0 Å². The standard InChI is InChI=1S/C14H26N4O/c1-4-18(9-5-8-17(2)3)14-16-13(11-19-14)10-15-12-6-7-12/h11-12,15H,4-10H2,1-3H3. The van der Waals surface area contributed by atoms with Gasteiger partial charge in [0.05, 0.1) is 5.69 Å². The van der Waals surface area contributed by atoms with Crippen LogP contribution >= 0.6 is 0 Å². The summed E-state index contributed by atoms with van der Waals surface area (Å²) in [5, 5.41) is 3.45. The lowest BCUT2D eigenvalue weighted by Gasteiger charge is -2.19. The summed E-state index contributed by atoms with van der Waals surface area (Å²) < 4.78 is 5.59. The second-order valence-electron chi connectivity index (χ2n) is 5.51. The Kier molecular flexibility index (Phi) is 5.22. The molecular formula is C14H26N4O. The van der Waals surface area contributed by atoms with Crippen LogP contribution < -0.4 is 10.2 Å². The molecular weight excluding hydrogens is 240 g/mol. The molecule has 19 heavy (non-hydrogen) atoms. The van der Waals surface area contributed by atoms with Crippen molar-refractivity contribution in [1.29, 1.82) is 0 Å². The van der Waals surface area contributed by atoms with Crippen LogP contribution in [-0.4, -0.2) is 49.7 Å². The van der Waals surface area contributed by atoms with E-state index in [2.05, 4.69) is 41.1 Å². The van der Waals surface area contributed by atoms with Crippen molar-refractivity contribution in [2.24, 2.45) is 0 Å². The lowest BCUT2D eigenvalue weighted by Crippen LogP contribution is -2.27. The fourth-order valence-corrected chi connectivity index (χ4v) is 2.03. The molecule has 1 aliphatic rings. The van der Waals surface area contributed by atoms with Gasteiger partial charge >= 0.3 is 0 Å². The Morgan fingerprint density at radius 3 is 2.79 bits per heavy atom. The molecule has 0 bridgehead atoms. The molecule has 1 N–H and O–H groups in total. The van der Waals surface area contributed by atoms with Crippen molar-refractivity contribution >= 4 is 6.01 Å². The van der Waals surface area contributed by atoms with E-state index in [1.165, 1.54) is 12.8 Å². The first-order valence-corrected chi connectivity index (χ1v) is 7.26. The van der Waals surface area contributed by atoms with Gasteiger partial charge in [-0.2, -0.15) is 4.98 Å². The van der Waals surface area contributed by atoms with Gasteiger partial charge < -0.3 is 19.5 Å². The van der Waals surface area contributed by atoms with Crippen molar-refractivity contribution in [3.8, 4) is 0 Å². The fraction of sp³-hybridized carbons (Fsp3) is 0.786. The van der Waals surface area contributed by atoms with E-state index in [1.807, 2.05) is 0 Å². The molecule has 0 spiro atoms. The van der Waals surface area contributed by atoms with E-state index in [1.54, 1.807) is 6.26 Å². The fourth-order valence-electron chi connectivity index (χ4n) is 2.03.